The van der Waals surface area contributed by atoms with E-state index >= 15 is 0 Å². The van der Waals surface area contributed by atoms with E-state index in [1.165, 1.54) is 5.56 Å². The van der Waals surface area contributed by atoms with Crippen molar-refractivity contribution in [2.24, 2.45) is 29.1 Å². The molecule has 6 rings (SSSR count). The van der Waals surface area contributed by atoms with E-state index in [0.717, 1.165) is 64.2 Å². The Kier molecular flexibility index (Phi) is 18.2. The fourth-order valence-electron chi connectivity index (χ4n) is 11.5. The van der Waals surface area contributed by atoms with Crippen LogP contribution >= 0.6 is 0 Å². The Balaban J connectivity index is 1.22. The van der Waals surface area contributed by atoms with Crippen molar-refractivity contribution >= 4 is 36.4 Å². The summed E-state index contributed by atoms with van der Waals surface area (Å²) < 4.78 is 19.5. The van der Waals surface area contributed by atoms with Crippen LogP contribution in [0.1, 0.15) is 185 Å². The molecule has 2 saturated heterocycles. The normalized spacial score (nSPS) is 26.1. The Morgan fingerprint density at radius 3 is 2.05 bits per heavy atom. The predicted octanol–water partition coefficient (Wildman–Crippen LogP) is 9.58. The minimum atomic E-state index is -1.04. The first-order chi connectivity index (χ1) is 30.5. The number of benzene rings is 1. The van der Waals surface area contributed by atoms with Gasteiger partial charge >= 0.3 is 7.12 Å². The van der Waals surface area contributed by atoms with E-state index in [1.807, 2.05) is 38.7 Å². The molecule has 65 heavy (non-hydrogen) atoms. The number of ketones is 2. The van der Waals surface area contributed by atoms with Crippen LogP contribution < -0.4 is 10.6 Å². The highest BCUT2D eigenvalue weighted by Gasteiger charge is 2.68. The lowest BCUT2D eigenvalue weighted by Crippen LogP contribution is -2.65. The number of Topliss-reactive ketones (excluding diaryl/α,β-unsaturated/α-hetero) is 2. The van der Waals surface area contributed by atoms with Gasteiger partial charge in [-0.25, -0.2) is 0 Å². The summed E-state index contributed by atoms with van der Waals surface area (Å²) in [5, 5.41) is 6.07. The summed E-state index contributed by atoms with van der Waals surface area (Å²) in [4.78, 5) is 72.4. The average Bonchev–Trinajstić information content (AvgIpc) is 3.62. The highest BCUT2D eigenvalue weighted by atomic mass is 16.7. The largest absolute Gasteiger partial charge is 0.461 e. The van der Waals surface area contributed by atoms with Crippen LogP contribution in [0, 0.1) is 29.1 Å². The summed E-state index contributed by atoms with van der Waals surface area (Å²) in [6.07, 6.45) is 9.65. The van der Waals surface area contributed by atoms with E-state index in [2.05, 4.69) is 76.4 Å². The first kappa shape index (κ1) is 52.9. The molecule has 0 radical (unpaired) electrons. The smallest absolute Gasteiger partial charge is 0.405 e. The number of piperidine rings is 1. The summed E-state index contributed by atoms with van der Waals surface area (Å²) in [5.41, 5.74) is 0.502. The van der Waals surface area contributed by atoms with E-state index in [1.54, 1.807) is 13.8 Å². The van der Waals surface area contributed by atoms with Gasteiger partial charge in [0.15, 0.2) is 11.6 Å². The third kappa shape index (κ3) is 13.1. The van der Waals surface area contributed by atoms with Crippen LogP contribution in [0.5, 0.6) is 0 Å². The van der Waals surface area contributed by atoms with Gasteiger partial charge in [-0.15, -0.1) is 0 Å². The molecular formula is C53H86BN3O8. The molecule has 2 aliphatic heterocycles. The van der Waals surface area contributed by atoms with Gasteiger partial charge < -0.3 is 29.6 Å². The zero-order valence-electron chi connectivity index (χ0n) is 42.4. The first-order valence-corrected chi connectivity index (χ1v) is 25.5. The van der Waals surface area contributed by atoms with Gasteiger partial charge in [-0.05, 0) is 107 Å². The lowest BCUT2D eigenvalue weighted by Gasteiger charge is -2.64. The van der Waals surface area contributed by atoms with Gasteiger partial charge in [0.25, 0.3) is 0 Å². The molecule has 364 valence electrons. The number of hydrogen-bond acceptors (Lipinski definition) is 8. The maximum Gasteiger partial charge on any atom is 0.461 e. The molecular weight excluding hydrogens is 817 g/mol. The van der Waals surface area contributed by atoms with Gasteiger partial charge in [-0.1, -0.05) is 117 Å². The van der Waals surface area contributed by atoms with Crippen molar-refractivity contribution in [3.8, 4) is 0 Å². The topological polar surface area (TPSA) is 140 Å². The maximum absolute atomic E-state index is 14.3. The summed E-state index contributed by atoms with van der Waals surface area (Å²) >= 11 is 0. The molecule has 12 heteroatoms. The molecule has 3 saturated carbocycles. The van der Waals surface area contributed by atoms with Crippen LogP contribution in [-0.4, -0.2) is 89.9 Å². The molecule has 10 atom stereocenters. The number of rotatable bonds is 24. The fourth-order valence-corrected chi connectivity index (χ4v) is 11.5. The number of ether oxygens (including phenoxy) is 1. The first-order valence-electron chi connectivity index (χ1n) is 25.5. The van der Waals surface area contributed by atoms with Crippen LogP contribution in [0.2, 0.25) is 5.82 Å². The molecule has 11 nitrogen and oxygen atoms in total. The summed E-state index contributed by atoms with van der Waals surface area (Å²) in [6, 6.07) is 8.71. The summed E-state index contributed by atoms with van der Waals surface area (Å²) in [7, 11) is -0.484. The van der Waals surface area contributed by atoms with E-state index in [0.29, 0.717) is 37.8 Å². The minimum absolute atomic E-state index is 0.0134. The number of nitrogens with zero attached hydrogens (tertiary/aromatic N) is 1. The number of amides is 3. The van der Waals surface area contributed by atoms with Crippen molar-refractivity contribution < 1.29 is 38.0 Å². The van der Waals surface area contributed by atoms with Crippen LogP contribution in [0.4, 0.5) is 0 Å². The molecule has 2 N–H and O–H groups in total. The zero-order chi connectivity index (χ0) is 47.9. The van der Waals surface area contributed by atoms with Crippen molar-refractivity contribution in [3.63, 3.8) is 0 Å². The van der Waals surface area contributed by atoms with Crippen LogP contribution in [0.25, 0.3) is 0 Å². The number of carbonyl (C=O) groups excluding carboxylic acids is 5. The molecule has 0 unspecified atom stereocenters. The molecule has 1 aromatic carbocycles. The molecule has 1 aromatic rings. The molecule has 5 aliphatic rings. The molecule has 2 bridgehead atoms. The van der Waals surface area contributed by atoms with Gasteiger partial charge in [0.05, 0.1) is 29.5 Å². The van der Waals surface area contributed by atoms with Gasteiger partial charge in [0, 0.05) is 44.2 Å². The number of carbonyl (C=O) groups is 5. The SMILES string of the molecule is CCCCC[C@H](CC(=O)N1CCC(C)(c2ccccc2)CC1)C(=O)N[C@H](C(=O)C[C@@H](C)C(=O)N[C@@H](CCCCC)C(=O)C[C@@H](C)B1O[C@@H]2C[C@@H]3C[C@@H](C3(C)C)[C@]2(C)O1)[C@@H](C)OC(C)(C)C. The van der Waals surface area contributed by atoms with E-state index in [4.69, 9.17) is 14.0 Å². The van der Waals surface area contributed by atoms with Crippen LogP contribution in [0.3, 0.4) is 0 Å². The molecule has 2 heterocycles. The van der Waals surface area contributed by atoms with Crippen molar-refractivity contribution in [1.29, 1.82) is 0 Å². The number of unbranched alkanes of at least 4 members (excludes halogenated alkanes) is 4. The van der Waals surface area contributed by atoms with Gasteiger partial charge in [-0.2, -0.15) is 0 Å². The minimum Gasteiger partial charge on any atom is -0.405 e. The Bertz CT molecular complexity index is 1770. The Morgan fingerprint density at radius 1 is 0.815 bits per heavy atom. The number of nitrogens with one attached hydrogen (secondary N) is 2. The van der Waals surface area contributed by atoms with Crippen molar-refractivity contribution in [2.75, 3.05) is 13.1 Å². The Morgan fingerprint density at radius 2 is 1.45 bits per heavy atom. The second-order valence-corrected chi connectivity index (χ2v) is 22.7. The van der Waals surface area contributed by atoms with Crippen LogP contribution in [-0.2, 0) is 43.4 Å². The van der Waals surface area contributed by atoms with Crippen molar-refractivity contribution in [3.05, 3.63) is 35.9 Å². The second kappa shape index (κ2) is 22.3. The second-order valence-electron chi connectivity index (χ2n) is 22.7. The predicted molar refractivity (Wildman–Crippen MR) is 258 cm³/mol. The number of likely N-dealkylation sites (tertiary alicyclic amines) is 1. The molecule has 5 fully saturated rings. The lowest BCUT2D eigenvalue weighted by atomic mass is 9.43. The molecule has 0 aromatic heterocycles. The molecule has 0 spiro atoms. The fraction of sp³-hybridized carbons (Fsp3) is 0.792. The standard InChI is InChI=1S/C53H86BN3O8/c1-13-15-18-22-38(32-46(60)57-28-26-52(11,27-29-57)39-23-20-17-21-24-39)49(62)56-47(37(5)63-50(6,7)8)43(59)30-35(3)48(61)55-41(25-19-16-14-2)42(58)31-36(4)54-64-45-34-40-33-44(51(40,9)10)53(45,12)65-54/h17,20-21,23-24,35-38,40-41,44-45,47H,13-16,18-19,22,25-34H2,1-12H3,(H,55,61)(H,56,62)/t35-,36-,37-,38-,40+,41+,44+,45-,47+,53+/m1/s1. The van der Waals surface area contributed by atoms with Crippen LogP contribution in [0.15, 0.2) is 30.3 Å². The van der Waals surface area contributed by atoms with Crippen molar-refractivity contribution in [2.45, 2.75) is 226 Å². The lowest BCUT2D eigenvalue weighted by molar-refractivity contribution is -0.199. The monoisotopic (exact) mass is 904 g/mol. The molecule has 3 amide bonds. The van der Waals surface area contributed by atoms with Gasteiger partial charge in [0.1, 0.15) is 6.04 Å². The number of hydrogen-bond donors (Lipinski definition) is 2. The molecule has 3 aliphatic carbocycles. The Labute approximate surface area is 392 Å². The maximum atomic E-state index is 14.3. The average molecular weight is 904 g/mol. The third-order valence-electron chi connectivity index (χ3n) is 16.0. The summed E-state index contributed by atoms with van der Waals surface area (Å²) in [6.45, 7) is 25.7. The highest BCUT2D eigenvalue weighted by Crippen LogP contribution is 2.66. The Hall–Kier alpha value is -3.09. The van der Waals surface area contributed by atoms with Crippen molar-refractivity contribution in [1.82, 2.24) is 15.5 Å². The summed E-state index contributed by atoms with van der Waals surface area (Å²) in [5.74, 6) is -1.69. The van der Waals surface area contributed by atoms with E-state index < -0.39 is 42.7 Å². The quantitative estimate of drug-likeness (QED) is 0.0773. The van der Waals surface area contributed by atoms with Gasteiger partial charge in [-0.3, -0.25) is 24.0 Å². The zero-order valence-corrected chi connectivity index (χ0v) is 42.4. The highest BCUT2D eigenvalue weighted by molar-refractivity contribution is 6.47. The van der Waals surface area contributed by atoms with E-state index in [9.17, 15) is 24.0 Å². The van der Waals surface area contributed by atoms with E-state index in [-0.39, 0.29) is 76.9 Å². The van der Waals surface area contributed by atoms with Gasteiger partial charge in [0.2, 0.25) is 17.7 Å². The third-order valence-corrected chi connectivity index (χ3v) is 16.0.